The molecule has 0 unspecified atom stereocenters. The molecule has 1 saturated carbocycles. The van der Waals surface area contributed by atoms with E-state index in [9.17, 15) is 9.59 Å². The first kappa shape index (κ1) is 12.3. The van der Waals surface area contributed by atoms with E-state index in [0.29, 0.717) is 25.6 Å². The lowest BCUT2D eigenvalue weighted by atomic mass is 10.1. The van der Waals surface area contributed by atoms with Crippen LogP contribution in [0, 0.1) is 5.92 Å². The van der Waals surface area contributed by atoms with Crippen molar-refractivity contribution in [2.75, 3.05) is 13.1 Å². The maximum Gasteiger partial charge on any atom is 0.225 e. The van der Waals surface area contributed by atoms with Crippen molar-refractivity contribution < 1.29 is 9.59 Å². The monoisotopic (exact) mass is 261 g/mol. The maximum absolute atomic E-state index is 12.0. The van der Waals surface area contributed by atoms with Gasteiger partial charge in [-0.2, -0.15) is 0 Å². The average molecular weight is 261 g/mol. The molecule has 1 aliphatic heterocycles. The zero-order valence-corrected chi connectivity index (χ0v) is 10.9. The van der Waals surface area contributed by atoms with Gasteiger partial charge in [0, 0.05) is 44.5 Å². The van der Waals surface area contributed by atoms with Crippen LogP contribution in [0.1, 0.15) is 19.3 Å². The van der Waals surface area contributed by atoms with Crippen molar-refractivity contribution in [2.45, 2.75) is 31.8 Å². The first-order valence-electron chi connectivity index (χ1n) is 6.92. The van der Waals surface area contributed by atoms with Gasteiger partial charge in [0.1, 0.15) is 0 Å². The summed E-state index contributed by atoms with van der Waals surface area (Å²) in [5.41, 5.74) is 0. The molecule has 0 radical (unpaired) electrons. The highest BCUT2D eigenvalue weighted by molar-refractivity contribution is 5.89. The molecule has 0 aromatic carbocycles. The lowest BCUT2D eigenvalue weighted by Crippen LogP contribution is -2.35. The number of hydrogen-bond donors (Lipinski definition) is 1. The summed E-state index contributed by atoms with van der Waals surface area (Å²) in [6.07, 6.45) is 6.54. The van der Waals surface area contributed by atoms with Crippen LogP contribution in [-0.2, 0) is 16.1 Å². The standard InChI is InChI=1S/C14H19N3O2/c18-13-9-11(10-17(13)12-3-4-12)14(19)15-5-8-16-6-1-2-7-16/h1-2,6-7,11-12H,3-5,8-10H2,(H,15,19)/t11-/m0/s1. The minimum Gasteiger partial charge on any atom is -0.354 e. The Hall–Kier alpha value is -1.78. The Morgan fingerprint density at radius 3 is 2.74 bits per heavy atom. The highest BCUT2D eigenvalue weighted by Gasteiger charge is 2.41. The van der Waals surface area contributed by atoms with Gasteiger partial charge in [-0.05, 0) is 25.0 Å². The average Bonchev–Trinajstić information content (AvgIpc) is 2.96. The van der Waals surface area contributed by atoms with Gasteiger partial charge in [-0.15, -0.1) is 0 Å². The van der Waals surface area contributed by atoms with E-state index in [0.717, 1.165) is 19.4 Å². The summed E-state index contributed by atoms with van der Waals surface area (Å²) in [6.45, 7) is 1.99. The van der Waals surface area contributed by atoms with E-state index in [2.05, 4.69) is 5.32 Å². The molecule has 5 nitrogen and oxygen atoms in total. The molecule has 1 atom stereocenters. The van der Waals surface area contributed by atoms with Gasteiger partial charge in [0.05, 0.1) is 5.92 Å². The van der Waals surface area contributed by atoms with E-state index < -0.39 is 0 Å². The van der Waals surface area contributed by atoms with Gasteiger partial charge in [-0.3, -0.25) is 9.59 Å². The van der Waals surface area contributed by atoms with Crippen LogP contribution in [0.25, 0.3) is 0 Å². The molecule has 0 spiro atoms. The Labute approximate surface area is 112 Å². The summed E-state index contributed by atoms with van der Waals surface area (Å²) in [7, 11) is 0. The van der Waals surface area contributed by atoms with Crippen molar-refractivity contribution in [1.29, 1.82) is 0 Å². The summed E-state index contributed by atoms with van der Waals surface area (Å²) in [4.78, 5) is 25.7. The summed E-state index contributed by atoms with van der Waals surface area (Å²) in [5.74, 6) is 0.00878. The van der Waals surface area contributed by atoms with Gasteiger partial charge < -0.3 is 14.8 Å². The van der Waals surface area contributed by atoms with Gasteiger partial charge in [0.2, 0.25) is 11.8 Å². The third-order valence-electron chi connectivity index (χ3n) is 3.85. The number of rotatable bonds is 5. The van der Waals surface area contributed by atoms with Crippen molar-refractivity contribution in [1.82, 2.24) is 14.8 Å². The highest BCUT2D eigenvalue weighted by atomic mass is 16.2. The normalized spacial score (nSPS) is 22.8. The number of hydrogen-bond acceptors (Lipinski definition) is 2. The van der Waals surface area contributed by atoms with Crippen molar-refractivity contribution in [3.63, 3.8) is 0 Å². The maximum atomic E-state index is 12.0. The second kappa shape index (κ2) is 5.07. The van der Waals surface area contributed by atoms with Crippen LogP contribution in [0.15, 0.2) is 24.5 Å². The molecule has 2 aliphatic rings. The number of carbonyl (C=O) groups excluding carboxylic acids is 2. The van der Waals surface area contributed by atoms with Gasteiger partial charge in [0.25, 0.3) is 0 Å². The fraction of sp³-hybridized carbons (Fsp3) is 0.571. The van der Waals surface area contributed by atoms with Crippen molar-refractivity contribution in [3.05, 3.63) is 24.5 Å². The van der Waals surface area contributed by atoms with Crippen LogP contribution < -0.4 is 5.32 Å². The molecule has 0 bridgehead atoms. The van der Waals surface area contributed by atoms with E-state index in [1.54, 1.807) is 0 Å². The lowest BCUT2D eigenvalue weighted by molar-refractivity contribution is -0.129. The Morgan fingerprint density at radius 1 is 1.32 bits per heavy atom. The third kappa shape index (κ3) is 2.80. The minimum absolute atomic E-state index is 0.0173. The second-order valence-corrected chi connectivity index (χ2v) is 5.39. The Bertz CT molecular complexity index is 465. The zero-order chi connectivity index (χ0) is 13.2. The first-order chi connectivity index (χ1) is 9.24. The Kier molecular flexibility index (Phi) is 3.27. The highest BCUT2D eigenvalue weighted by Crippen LogP contribution is 2.32. The van der Waals surface area contributed by atoms with Crippen LogP contribution in [0.4, 0.5) is 0 Å². The van der Waals surface area contributed by atoms with Gasteiger partial charge in [0.15, 0.2) is 0 Å². The molecular weight excluding hydrogens is 242 g/mol. The summed E-state index contributed by atoms with van der Waals surface area (Å²) < 4.78 is 2.02. The van der Waals surface area contributed by atoms with Crippen molar-refractivity contribution in [2.24, 2.45) is 5.92 Å². The molecule has 1 aromatic rings. The number of nitrogens with one attached hydrogen (secondary N) is 1. The minimum atomic E-state index is -0.155. The molecule has 19 heavy (non-hydrogen) atoms. The lowest BCUT2D eigenvalue weighted by Gasteiger charge is -2.15. The van der Waals surface area contributed by atoms with Crippen LogP contribution >= 0.6 is 0 Å². The topological polar surface area (TPSA) is 54.3 Å². The molecule has 5 heteroatoms. The molecule has 1 saturated heterocycles. The number of likely N-dealkylation sites (tertiary alicyclic amines) is 1. The predicted octanol–water partition coefficient (Wildman–Crippen LogP) is 0.615. The van der Waals surface area contributed by atoms with Gasteiger partial charge in [-0.25, -0.2) is 0 Å². The second-order valence-electron chi connectivity index (χ2n) is 5.39. The van der Waals surface area contributed by atoms with E-state index >= 15 is 0 Å². The fourth-order valence-electron chi connectivity index (χ4n) is 2.62. The molecule has 2 heterocycles. The quantitative estimate of drug-likeness (QED) is 0.844. The molecule has 1 aliphatic carbocycles. The van der Waals surface area contributed by atoms with Crippen molar-refractivity contribution >= 4 is 11.8 Å². The van der Waals surface area contributed by atoms with Crippen LogP contribution in [0.5, 0.6) is 0 Å². The molecular formula is C14H19N3O2. The van der Waals surface area contributed by atoms with Crippen LogP contribution in [0.3, 0.4) is 0 Å². The van der Waals surface area contributed by atoms with Crippen LogP contribution in [0.2, 0.25) is 0 Å². The third-order valence-corrected chi connectivity index (χ3v) is 3.85. The number of amides is 2. The SMILES string of the molecule is O=C(NCCn1cccc1)[C@H]1CC(=O)N(C2CC2)C1. The first-order valence-corrected chi connectivity index (χ1v) is 6.92. The van der Waals surface area contributed by atoms with E-state index in [1.807, 2.05) is 34.0 Å². The molecule has 1 N–H and O–H groups in total. The summed E-state index contributed by atoms with van der Waals surface area (Å²) in [6, 6.07) is 4.35. The molecule has 1 aromatic heterocycles. The summed E-state index contributed by atoms with van der Waals surface area (Å²) in [5, 5.41) is 2.92. The van der Waals surface area contributed by atoms with Gasteiger partial charge in [-0.1, -0.05) is 0 Å². The molecule has 102 valence electrons. The molecule has 2 amide bonds. The zero-order valence-electron chi connectivity index (χ0n) is 10.9. The molecule has 2 fully saturated rings. The number of nitrogens with zero attached hydrogens (tertiary/aromatic N) is 2. The smallest absolute Gasteiger partial charge is 0.225 e. The van der Waals surface area contributed by atoms with Crippen molar-refractivity contribution in [3.8, 4) is 0 Å². The fourth-order valence-corrected chi connectivity index (χ4v) is 2.62. The number of aromatic nitrogens is 1. The Balaban J connectivity index is 1.44. The predicted molar refractivity (Wildman–Crippen MR) is 70.3 cm³/mol. The summed E-state index contributed by atoms with van der Waals surface area (Å²) >= 11 is 0. The van der Waals surface area contributed by atoms with E-state index in [1.165, 1.54) is 0 Å². The number of carbonyl (C=O) groups is 2. The van der Waals surface area contributed by atoms with Gasteiger partial charge >= 0.3 is 0 Å². The van der Waals surface area contributed by atoms with E-state index in [4.69, 9.17) is 0 Å². The Morgan fingerprint density at radius 2 is 2.05 bits per heavy atom. The van der Waals surface area contributed by atoms with E-state index in [-0.39, 0.29) is 17.7 Å². The largest absolute Gasteiger partial charge is 0.354 e. The molecule has 3 rings (SSSR count). The van der Waals surface area contributed by atoms with Crippen LogP contribution in [-0.4, -0.2) is 40.4 Å².